The number of ether oxygens (including phenoxy) is 1. The first-order valence-electron chi connectivity index (χ1n) is 5.72. The average Bonchev–Trinajstić information content (AvgIpc) is 2.78. The molecule has 1 N–H and O–H groups in total. The van der Waals surface area contributed by atoms with E-state index in [4.69, 9.17) is 9.15 Å². The second-order valence-corrected chi connectivity index (χ2v) is 4.95. The number of aryl methyl sites for hydroxylation is 1. The Hall–Kier alpha value is -1.26. The number of methoxy groups -OCH3 is 1. The normalized spacial score (nSPS) is 12.4. The van der Waals surface area contributed by atoms with Gasteiger partial charge in [-0.3, -0.25) is 0 Å². The molecule has 3 nitrogen and oxygen atoms in total. The molecule has 18 heavy (non-hydrogen) atoms. The van der Waals surface area contributed by atoms with Crippen LogP contribution in [0.15, 0.2) is 39.4 Å². The van der Waals surface area contributed by atoms with Crippen molar-refractivity contribution in [1.29, 1.82) is 0 Å². The lowest BCUT2D eigenvalue weighted by Crippen LogP contribution is -2.18. The quantitative estimate of drug-likeness (QED) is 0.935. The minimum Gasteiger partial charge on any atom is -0.496 e. The molecule has 96 valence electrons. The van der Waals surface area contributed by atoms with E-state index in [2.05, 4.69) is 33.4 Å². The molecule has 0 radical (unpaired) electrons. The van der Waals surface area contributed by atoms with E-state index < -0.39 is 0 Å². The largest absolute Gasteiger partial charge is 0.496 e. The molecule has 1 unspecified atom stereocenters. The summed E-state index contributed by atoms with van der Waals surface area (Å²) in [6.45, 7) is 2.05. The van der Waals surface area contributed by atoms with Gasteiger partial charge in [0.1, 0.15) is 11.5 Å². The fourth-order valence-electron chi connectivity index (χ4n) is 2.00. The second kappa shape index (κ2) is 5.59. The average molecular weight is 310 g/mol. The zero-order chi connectivity index (χ0) is 13.1. The van der Waals surface area contributed by atoms with Crippen LogP contribution in [0.1, 0.15) is 22.9 Å². The summed E-state index contributed by atoms with van der Waals surface area (Å²) in [6, 6.07) is 8.00. The minimum absolute atomic E-state index is 0.0371. The van der Waals surface area contributed by atoms with Crippen molar-refractivity contribution in [2.75, 3.05) is 14.2 Å². The molecule has 2 rings (SSSR count). The number of furan rings is 1. The third kappa shape index (κ3) is 2.44. The summed E-state index contributed by atoms with van der Waals surface area (Å²) in [5, 5.41) is 3.25. The molecule has 0 aliphatic heterocycles. The van der Waals surface area contributed by atoms with E-state index in [1.54, 1.807) is 13.4 Å². The third-order valence-corrected chi connectivity index (χ3v) is 3.55. The molecule has 0 bridgehead atoms. The molecular weight excluding hydrogens is 294 g/mol. The van der Waals surface area contributed by atoms with Crippen LogP contribution in [0.25, 0.3) is 0 Å². The fraction of sp³-hybridized carbons (Fsp3) is 0.286. The Bertz CT molecular complexity index is 536. The molecule has 0 saturated heterocycles. The van der Waals surface area contributed by atoms with Crippen molar-refractivity contribution in [1.82, 2.24) is 5.32 Å². The smallest absolute Gasteiger partial charge is 0.139 e. The van der Waals surface area contributed by atoms with E-state index in [0.717, 1.165) is 21.5 Å². The van der Waals surface area contributed by atoms with Crippen molar-refractivity contribution in [2.45, 2.75) is 13.0 Å². The van der Waals surface area contributed by atoms with Gasteiger partial charge >= 0.3 is 0 Å². The van der Waals surface area contributed by atoms with Gasteiger partial charge in [-0.15, -0.1) is 0 Å². The van der Waals surface area contributed by atoms with Gasteiger partial charge in [-0.25, -0.2) is 0 Å². The third-order valence-electron chi connectivity index (χ3n) is 2.90. The fourth-order valence-corrected chi connectivity index (χ4v) is 2.43. The second-order valence-electron chi connectivity index (χ2n) is 4.10. The van der Waals surface area contributed by atoms with Gasteiger partial charge in [-0.2, -0.15) is 0 Å². The Kier molecular flexibility index (Phi) is 4.09. The maximum absolute atomic E-state index is 5.54. The molecule has 0 aliphatic carbocycles. The maximum atomic E-state index is 5.54. The molecule has 0 spiro atoms. The molecule has 0 saturated carbocycles. The van der Waals surface area contributed by atoms with Crippen molar-refractivity contribution in [3.05, 3.63) is 51.9 Å². The van der Waals surface area contributed by atoms with Gasteiger partial charge in [0.05, 0.1) is 23.9 Å². The van der Waals surface area contributed by atoms with Gasteiger partial charge in [0.2, 0.25) is 0 Å². The topological polar surface area (TPSA) is 34.4 Å². The van der Waals surface area contributed by atoms with Crippen molar-refractivity contribution < 1.29 is 9.15 Å². The molecule has 0 fully saturated rings. The monoisotopic (exact) mass is 309 g/mol. The van der Waals surface area contributed by atoms with Gasteiger partial charge in [0, 0.05) is 5.56 Å². The number of hydrogen-bond acceptors (Lipinski definition) is 3. The number of rotatable bonds is 4. The molecule has 2 aromatic rings. The first kappa shape index (κ1) is 13.2. The Morgan fingerprint density at radius 3 is 2.67 bits per heavy atom. The van der Waals surface area contributed by atoms with E-state index >= 15 is 0 Å². The Balaban J connectivity index is 2.48. The summed E-state index contributed by atoms with van der Waals surface area (Å²) >= 11 is 3.49. The molecule has 0 amide bonds. The predicted molar refractivity (Wildman–Crippen MR) is 75.0 cm³/mol. The Morgan fingerprint density at radius 2 is 2.11 bits per heavy atom. The van der Waals surface area contributed by atoms with E-state index in [0.29, 0.717) is 0 Å². The van der Waals surface area contributed by atoms with Crippen LogP contribution in [0.5, 0.6) is 5.75 Å². The zero-order valence-electron chi connectivity index (χ0n) is 10.7. The summed E-state index contributed by atoms with van der Waals surface area (Å²) in [6.07, 6.45) is 1.67. The van der Waals surface area contributed by atoms with Gasteiger partial charge in [0.25, 0.3) is 0 Å². The number of nitrogens with one attached hydrogen (secondary N) is 1. The van der Waals surface area contributed by atoms with E-state index in [1.165, 1.54) is 5.56 Å². The van der Waals surface area contributed by atoms with Crippen LogP contribution >= 0.6 is 15.9 Å². The van der Waals surface area contributed by atoms with Crippen molar-refractivity contribution in [2.24, 2.45) is 0 Å². The molecule has 1 heterocycles. The van der Waals surface area contributed by atoms with Crippen LogP contribution < -0.4 is 10.1 Å². The molecule has 1 aromatic carbocycles. The zero-order valence-corrected chi connectivity index (χ0v) is 12.2. The van der Waals surface area contributed by atoms with Crippen LogP contribution in [0, 0.1) is 6.92 Å². The van der Waals surface area contributed by atoms with Gasteiger partial charge in [-0.1, -0.05) is 12.1 Å². The molecule has 4 heteroatoms. The van der Waals surface area contributed by atoms with Crippen LogP contribution in [-0.2, 0) is 0 Å². The SMILES string of the molecule is CNC(c1ccc(C)cc1OC)c1occc1Br. The van der Waals surface area contributed by atoms with Crippen LogP contribution in [0.2, 0.25) is 0 Å². The molecule has 1 atom stereocenters. The van der Waals surface area contributed by atoms with Crippen molar-refractivity contribution in [3.63, 3.8) is 0 Å². The number of benzene rings is 1. The van der Waals surface area contributed by atoms with Crippen molar-refractivity contribution >= 4 is 15.9 Å². The maximum Gasteiger partial charge on any atom is 0.139 e. The summed E-state index contributed by atoms with van der Waals surface area (Å²) in [5.74, 6) is 1.71. The predicted octanol–water partition coefficient (Wildman–Crippen LogP) is 3.67. The lowest BCUT2D eigenvalue weighted by molar-refractivity contribution is 0.396. The number of halogens is 1. The van der Waals surface area contributed by atoms with Crippen LogP contribution in [0.3, 0.4) is 0 Å². The highest BCUT2D eigenvalue weighted by Crippen LogP contribution is 2.34. The first-order chi connectivity index (χ1) is 8.67. The Morgan fingerprint density at radius 1 is 1.33 bits per heavy atom. The van der Waals surface area contributed by atoms with E-state index in [-0.39, 0.29) is 6.04 Å². The highest BCUT2D eigenvalue weighted by molar-refractivity contribution is 9.10. The molecule has 0 aliphatic rings. The van der Waals surface area contributed by atoms with Crippen molar-refractivity contribution in [3.8, 4) is 5.75 Å². The summed E-state index contributed by atoms with van der Waals surface area (Å²) in [7, 11) is 3.58. The number of hydrogen-bond donors (Lipinski definition) is 1. The van der Waals surface area contributed by atoms with Gasteiger partial charge in [-0.05, 0) is 47.6 Å². The first-order valence-corrected chi connectivity index (χ1v) is 6.51. The van der Waals surface area contributed by atoms with Crippen LogP contribution in [-0.4, -0.2) is 14.2 Å². The highest BCUT2D eigenvalue weighted by Gasteiger charge is 2.21. The van der Waals surface area contributed by atoms with E-state index in [9.17, 15) is 0 Å². The summed E-state index contributed by atoms with van der Waals surface area (Å²) < 4.78 is 11.9. The highest BCUT2D eigenvalue weighted by atomic mass is 79.9. The standard InChI is InChI=1S/C14H16BrNO2/c1-9-4-5-10(12(8-9)17-3)13(16-2)14-11(15)6-7-18-14/h4-8,13,16H,1-3H3. The lowest BCUT2D eigenvalue weighted by Gasteiger charge is -2.18. The molecular formula is C14H16BrNO2. The molecule has 1 aromatic heterocycles. The van der Waals surface area contributed by atoms with E-state index in [1.807, 2.05) is 26.1 Å². The van der Waals surface area contributed by atoms with Crippen LogP contribution in [0.4, 0.5) is 0 Å². The summed E-state index contributed by atoms with van der Waals surface area (Å²) in [4.78, 5) is 0. The Labute approximate surface area is 115 Å². The lowest BCUT2D eigenvalue weighted by atomic mass is 10.0. The van der Waals surface area contributed by atoms with Gasteiger partial charge in [0.15, 0.2) is 0 Å². The minimum atomic E-state index is -0.0371. The van der Waals surface area contributed by atoms with Gasteiger partial charge < -0.3 is 14.5 Å². The summed E-state index contributed by atoms with van der Waals surface area (Å²) in [5.41, 5.74) is 2.23.